The molecule has 2 aromatic rings. The van der Waals surface area contributed by atoms with Crippen LogP contribution in [0.1, 0.15) is 23.7 Å². The maximum absolute atomic E-state index is 12.1. The molecule has 1 heterocycles. The summed E-state index contributed by atoms with van der Waals surface area (Å²) < 4.78 is 10.4. The normalized spacial score (nSPS) is 10.3. The van der Waals surface area contributed by atoms with Crippen molar-refractivity contribution in [2.75, 3.05) is 26.9 Å². The zero-order valence-corrected chi connectivity index (χ0v) is 13.5. The van der Waals surface area contributed by atoms with E-state index in [-0.39, 0.29) is 5.91 Å². The molecule has 23 heavy (non-hydrogen) atoms. The minimum atomic E-state index is -0.124. The molecule has 1 aromatic heterocycles. The molecule has 1 N–H and O–H groups in total. The molecule has 122 valence electrons. The van der Waals surface area contributed by atoms with Crippen molar-refractivity contribution in [2.45, 2.75) is 13.3 Å². The van der Waals surface area contributed by atoms with Gasteiger partial charge in [0, 0.05) is 38.2 Å². The molecular formula is C18H22N2O3. The maximum Gasteiger partial charge on any atom is 0.252 e. The van der Waals surface area contributed by atoms with Crippen molar-refractivity contribution in [1.82, 2.24) is 10.3 Å². The van der Waals surface area contributed by atoms with Crippen molar-refractivity contribution in [2.24, 2.45) is 0 Å². The van der Waals surface area contributed by atoms with Crippen LogP contribution in [-0.2, 0) is 4.74 Å². The summed E-state index contributed by atoms with van der Waals surface area (Å²) >= 11 is 0. The average molecular weight is 314 g/mol. The van der Waals surface area contributed by atoms with Crippen LogP contribution in [0.5, 0.6) is 5.75 Å². The first-order valence-electron chi connectivity index (χ1n) is 7.70. The van der Waals surface area contributed by atoms with Crippen molar-refractivity contribution in [1.29, 1.82) is 0 Å². The molecule has 0 aliphatic heterocycles. The van der Waals surface area contributed by atoms with E-state index in [0.717, 1.165) is 23.3 Å². The summed E-state index contributed by atoms with van der Waals surface area (Å²) in [6.07, 6.45) is 4.11. The fraction of sp³-hybridized carbons (Fsp3) is 0.333. The number of nitrogens with one attached hydrogen (secondary N) is 1. The minimum Gasteiger partial charge on any atom is -0.494 e. The Labute approximate surface area is 136 Å². The van der Waals surface area contributed by atoms with E-state index in [1.807, 2.05) is 37.3 Å². The summed E-state index contributed by atoms with van der Waals surface area (Å²) in [6, 6.07) is 9.59. The molecule has 0 unspecified atom stereocenters. The minimum absolute atomic E-state index is 0.124. The largest absolute Gasteiger partial charge is 0.494 e. The van der Waals surface area contributed by atoms with Gasteiger partial charge in [0.15, 0.2) is 0 Å². The monoisotopic (exact) mass is 314 g/mol. The number of nitrogens with zero attached hydrogens (tertiary/aromatic N) is 1. The van der Waals surface area contributed by atoms with E-state index in [4.69, 9.17) is 9.47 Å². The number of aromatic nitrogens is 1. The number of benzene rings is 1. The highest BCUT2D eigenvalue weighted by atomic mass is 16.5. The van der Waals surface area contributed by atoms with Crippen molar-refractivity contribution >= 4 is 5.91 Å². The lowest BCUT2D eigenvalue weighted by Gasteiger charge is -2.08. The van der Waals surface area contributed by atoms with Gasteiger partial charge in [-0.2, -0.15) is 0 Å². The molecule has 5 nitrogen and oxygen atoms in total. The lowest BCUT2D eigenvalue weighted by molar-refractivity contribution is 0.0948. The van der Waals surface area contributed by atoms with Crippen LogP contribution in [-0.4, -0.2) is 37.8 Å². The second-order valence-corrected chi connectivity index (χ2v) is 5.02. The molecule has 1 amide bonds. The Morgan fingerprint density at radius 2 is 1.96 bits per heavy atom. The SMILES string of the molecule is CCOc1ccc(-c2cncc(C(=O)NCCCOC)c2)cc1. The number of carbonyl (C=O) groups is 1. The smallest absolute Gasteiger partial charge is 0.252 e. The van der Waals surface area contributed by atoms with Crippen molar-refractivity contribution < 1.29 is 14.3 Å². The molecule has 5 heteroatoms. The average Bonchev–Trinajstić information content (AvgIpc) is 2.60. The highest BCUT2D eigenvalue weighted by Gasteiger charge is 2.07. The topological polar surface area (TPSA) is 60.5 Å². The fourth-order valence-electron chi connectivity index (χ4n) is 2.15. The Hall–Kier alpha value is -2.40. The molecule has 0 saturated carbocycles. The third kappa shape index (κ3) is 5.07. The second-order valence-electron chi connectivity index (χ2n) is 5.02. The molecule has 0 saturated heterocycles. The van der Waals surface area contributed by atoms with Crippen LogP contribution >= 0.6 is 0 Å². The van der Waals surface area contributed by atoms with Gasteiger partial charge < -0.3 is 14.8 Å². The van der Waals surface area contributed by atoms with Crippen LogP contribution in [0.4, 0.5) is 0 Å². The molecule has 0 radical (unpaired) electrons. The number of carbonyl (C=O) groups excluding carboxylic acids is 1. The van der Waals surface area contributed by atoms with Gasteiger partial charge >= 0.3 is 0 Å². The molecule has 0 atom stereocenters. The third-order valence-corrected chi connectivity index (χ3v) is 3.31. The third-order valence-electron chi connectivity index (χ3n) is 3.31. The van der Waals surface area contributed by atoms with Gasteiger partial charge in [-0.3, -0.25) is 9.78 Å². The lowest BCUT2D eigenvalue weighted by atomic mass is 10.1. The van der Waals surface area contributed by atoms with E-state index in [2.05, 4.69) is 10.3 Å². The van der Waals surface area contributed by atoms with Gasteiger partial charge in [0.1, 0.15) is 5.75 Å². The van der Waals surface area contributed by atoms with Crippen molar-refractivity contribution in [3.05, 3.63) is 48.3 Å². The number of pyridine rings is 1. The number of hydrogen-bond donors (Lipinski definition) is 1. The summed E-state index contributed by atoms with van der Waals surface area (Å²) in [4.78, 5) is 16.3. The summed E-state index contributed by atoms with van der Waals surface area (Å²) in [6.45, 7) is 3.80. The molecule has 1 aromatic carbocycles. The van der Waals surface area contributed by atoms with Gasteiger partial charge in [0.25, 0.3) is 5.91 Å². The highest BCUT2D eigenvalue weighted by molar-refractivity contribution is 5.95. The molecule has 0 aliphatic rings. The van der Waals surface area contributed by atoms with Crippen LogP contribution in [0.3, 0.4) is 0 Å². The first-order valence-corrected chi connectivity index (χ1v) is 7.70. The Balaban J connectivity index is 2.05. The van der Waals surface area contributed by atoms with Gasteiger partial charge in [0.2, 0.25) is 0 Å². The zero-order valence-electron chi connectivity index (χ0n) is 13.5. The number of hydrogen-bond acceptors (Lipinski definition) is 4. The van der Waals surface area contributed by atoms with E-state index in [0.29, 0.717) is 25.3 Å². The van der Waals surface area contributed by atoms with Crippen LogP contribution in [0.25, 0.3) is 11.1 Å². The van der Waals surface area contributed by atoms with E-state index < -0.39 is 0 Å². The zero-order chi connectivity index (χ0) is 16.5. The molecule has 2 rings (SSSR count). The Morgan fingerprint density at radius 1 is 1.17 bits per heavy atom. The fourth-order valence-corrected chi connectivity index (χ4v) is 2.15. The predicted octanol–water partition coefficient (Wildman–Crippen LogP) is 2.91. The summed E-state index contributed by atoms with van der Waals surface area (Å²) in [5.41, 5.74) is 2.45. The van der Waals surface area contributed by atoms with E-state index in [9.17, 15) is 4.79 Å². The second kappa shape index (κ2) is 8.90. The van der Waals surface area contributed by atoms with E-state index >= 15 is 0 Å². The predicted molar refractivity (Wildman–Crippen MR) is 89.7 cm³/mol. The van der Waals surface area contributed by atoms with Gasteiger partial charge in [-0.1, -0.05) is 12.1 Å². The quantitative estimate of drug-likeness (QED) is 0.761. The molecule has 0 aliphatic carbocycles. The lowest BCUT2D eigenvalue weighted by Crippen LogP contribution is -2.25. The Bertz CT molecular complexity index is 626. The molecule has 0 bridgehead atoms. The molecule has 0 spiro atoms. The van der Waals surface area contributed by atoms with Crippen LogP contribution in [0.15, 0.2) is 42.7 Å². The summed E-state index contributed by atoms with van der Waals surface area (Å²) in [5, 5.41) is 2.86. The number of amides is 1. The molecule has 0 fully saturated rings. The van der Waals surface area contributed by atoms with Gasteiger partial charge in [-0.25, -0.2) is 0 Å². The van der Waals surface area contributed by atoms with Crippen LogP contribution in [0, 0.1) is 0 Å². The Kier molecular flexibility index (Phi) is 6.56. The Morgan fingerprint density at radius 3 is 2.65 bits per heavy atom. The van der Waals surface area contributed by atoms with Crippen LogP contribution < -0.4 is 10.1 Å². The van der Waals surface area contributed by atoms with Crippen molar-refractivity contribution in [3.63, 3.8) is 0 Å². The van der Waals surface area contributed by atoms with Gasteiger partial charge in [0.05, 0.1) is 12.2 Å². The number of rotatable bonds is 8. The summed E-state index contributed by atoms with van der Waals surface area (Å²) in [5.74, 6) is 0.706. The first kappa shape index (κ1) is 17.0. The van der Waals surface area contributed by atoms with Gasteiger partial charge in [-0.05, 0) is 37.1 Å². The number of ether oxygens (including phenoxy) is 2. The highest BCUT2D eigenvalue weighted by Crippen LogP contribution is 2.22. The molecular weight excluding hydrogens is 292 g/mol. The summed E-state index contributed by atoms with van der Waals surface area (Å²) in [7, 11) is 1.64. The van der Waals surface area contributed by atoms with Crippen molar-refractivity contribution in [3.8, 4) is 16.9 Å². The maximum atomic E-state index is 12.1. The standard InChI is InChI=1S/C18H22N2O3/c1-3-23-17-7-5-14(6-8-17)15-11-16(13-19-12-15)18(21)20-9-4-10-22-2/h5-8,11-13H,3-4,9-10H2,1-2H3,(H,20,21). The van der Waals surface area contributed by atoms with Crippen LogP contribution in [0.2, 0.25) is 0 Å². The number of methoxy groups -OCH3 is 1. The van der Waals surface area contributed by atoms with E-state index in [1.54, 1.807) is 19.5 Å². The van der Waals surface area contributed by atoms with E-state index in [1.165, 1.54) is 0 Å². The first-order chi connectivity index (χ1) is 11.2. The van der Waals surface area contributed by atoms with Gasteiger partial charge in [-0.15, -0.1) is 0 Å².